The van der Waals surface area contributed by atoms with Crippen LogP contribution in [0.5, 0.6) is 0 Å². The van der Waals surface area contributed by atoms with Gasteiger partial charge in [-0.1, -0.05) is 0 Å². The minimum absolute atomic E-state index is 0.124. The van der Waals surface area contributed by atoms with Gasteiger partial charge in [-0.25, -0.2) is 15.0 Å². The molecule has 0 bridgehead atoms. The summed E-state index contributed by atoms with van der Waals surface area (Å²) in [5.41, 5.74) is 2.26. The number of aryl methyl sites for hydroxylation is 1. The number of ether oxygens (including phenoxy) is 1. The highest BCUT2D eigenvalue weighted by molar-refractivity contribution is 6.04. The summed E-state index contributed by atoms with van der Waals surface area (Å²) < 4.78 is 46.4. The van der Waals surface area contributed by atoms with Crippen LogP contribution in [0, 0.1) is 0 Å². The molecule has 1 aliphatic rings. The molecule has 0 spiro atoms. The van der Waals surface area contributed by atoms with Crippen LogP contribution in [0.4, 0.5) is 24.9 Å². The molecule has 1 unspecified atom stereocenters. The fourth-order valence-electron chi connectivity index (χ4n) is 3.89. The van der Waals surface area contributed by atoms with Gasteiger partial charge in [0.15, 0.2) is 0 Å². The lowest BCUT2D eigenvalue weighted by molar-refractivity contribution is -0.115. The van der Waals surface area contributed by atoms with E-state index in [1.54, 1.807) is 36.3 Å². The zero-order valence-electron chi connectivity index (χ0n) is 18.6. The van der Waals surface area contributed by atoms with Gasteiger partial charge in [-0.15, -0.1) is 0 Å². The van der Waals surface area contributed by atoms with E-state index < -0.39 is 12.7 Å². The number of anilines is 2. The predicted octanol–water partition coefficient (Wildman–Crippen LogP) is 3.41. The number of rotatable bonds is 6. The molecule has 35 heavy (non-hydrogen) atoms. The number of hydrogen-bond donors (Lipinski definition) is 2. The van der Waals surface area contributed by atoms with Gasteiger partial charge in [0.1, 0.15) is 12.4 Å². The van der Waals surface area contributed by atoms with E-state index in [-0.39, 0.29) is 17.9 Å². The highest BCUT2D eigenvalue weighted by Gasteiger charge is 2.27. The summed E-state index contributed by atoms with van der Waals surface area (Å²) in [4.78, 5) is 25.1. The molecule has 2 N–H and O–H groups in total. The monoisotopic (exact) mass is 486 g/mol. The Morgan fingerprint density at radius 3 is 2.89 bits per heavy atom. The zero-order valence-corrected chi connectivity index (χ0v) is 18.6. The Morgan fingerprint density at radius 2 is 2.11 bits per heavy atom. The molecule has 13 heteroatoms. The third kappa shape index (κ3) is 4.94. The number of pyridine rings is 1. The molecule has 5 rings (SSSR count). The Hall–Kier alpha value is -4.00. The summed E-state index contributed by atoms with van der Waals surface area (Å²) in [7, 11) is 1.79. The van der Waals surface area contributed by atoms with Crippen molar-refractivity contribution in [3.05, 3.63) is 48.5 Å². The number of carbonyl (C=O) groups is 1. The smallest absolute Gasteiger partial charge is 0.379 e. The van der Waals surface area contributed by atoms with Crippen molar-refractivity contribution in [2.24, 2.45) is 7.05 Å². The molecule has 1 saturated heterocycles. The van der Waals surface area contributed by atoms with Gasteiger partial charge >= 0.3 is 6.18 Å². The van der Waals surface area contributed by atoms with Gasteiger partial charge < -0.3 is 19.9 Å². The molecule has 1 fully saturated rings. The largest absolute Gasteiger partial charge is 0.405 e. The van der Waals surface area contributed by atoms with E-state index in [9.17, 15) is 18.0 Å². The Labute approximate surface area is 197 Å². The van der Waals surface area contributed by atoms with Crippen molar-refractivity contribution >= 4 is 28.6 Å². The summed E-state index contributed by atoms with van der Waals surface area (Å²) in [6.07, 6.45) is 2.66. The average molecular weight is 486 g/mol. The number of hydrogen-bond acceptors (Lipinski definition) is 7. The third-order valence-corrected chi connectivity index (χ3v) is 5.68. The van der Waals surface area contributed by atoms with Gasteiger partial charge in [-0.3, -0.25) is 9.48 Å². The zero-order chi connectivity index (χ0) is 24.6. The van der Waals surface area contributed by atoms with E-state index in [1.165, 1.54) is 12.4 Å². The quantitative estimate of drug-likeness (QED) is 0.430. The van der Waals surface area contributed by atoms with E-state index in [4.69, 9.17) is 4.74 Å². The molecule has 4 aromatic rings. The molecule has 1 atom stereocenters. The summed E-state index contributed by atoms with van der Waals surface area (Å²) >= 11 is 0. The minimum Gasteiger partial charge on any atom is -0.379 e. The summed E-state index contributed by atoms with van der Waals surface area (Å²) in [6, 6.07) is 5.27. The Balaban J connectivity index is 1.35. The maximum Gasteiger partial charge on any atom is 0.405 e. The van der Waals surface area contributed by atoms with Crippen LogP contribution in [0.15, 0.2) is 43.0 Å². The van der Waals surface area contributed by atoms with E-state index in [1.807, 2.05) is 10.6 Å². The molecule has 0 aliphatic carbocycles. The second kappa shape index (κ2) is 8.98. The Morgan fingerprint density at radius 1 is 1.26 bits per heavy atom. The molecule has 1 aliphatic heterocycles. The predicted molar refractivity (Wildman–Crippen MR) is 121 cm³/mol. The summed E-state index contributed by atoms with van der Waals surface area (Å²) in [5.74, 6) is -0.115. The van der Waals surface area contributed by atoms with Crippen LogP contribution >= 0.6 is 0 Å². The first-order chi connectivity index (χ1) is 16.8. The van der Waals surface area contributed by atoms with Gasteiger partial charge in [-0.05, 0) is 18.6 Å². The fraction of sp³-hybridized carbons (Fsp3) is 0.318. The van der Waals surface area contributed by atoms with Crippen LogP contribution in [0.1, 0.15) is 22.8 Å². The molecule has 5 heterocycles. The van der Waals surface area contributed by atoms with Crippen LogP contribution in [-0.4, -0.2) is 61.1 Å². The topological polar surface area (TPSA) is 112 Å². The van der Waals surface area contributed by atoms with Gasteiger partial charge in [-0.2, -0.15) is 18.3 Å². The van der Waals surface area contributed by atoms with Crippen molar-refractivity contribution in [3.63, 3.8) is 0 Å². The number of fused-ring (bicyclic) bond motifs is 1. The maximum atomic E-state index is 12.7. The van der Waals surface area contributed by atoms with Crippen LogP contribution < -0.4 is 10.6 Å². The lowest BCUT2D eigenvalue weighted by Crippen LogP contribution is -2.22. The van der Waals surface area contributed by atoms with E-state index in [0.717, 1.165) is 17.3 Å². The first kappa shape index (κ1) is 22.8. The summed E-state index contributed by atoms with van der Waals surface area (Å²) in [6.45, 7) is 0.0178. The van der Waals surface area contributed by atoms with Crippen molar-refractivity contribution in [3.8, 4) is 11.4 Å². The Kier molecular flexibility index (Phi) is 5.84. The maximum absolute atomic E-state index is 12.7. The molecule has 182 valence electrons. The van der Waals surface area contributed by atoms with E-state index in [2.05, 4.69) is 30.7 Å². The lowest BCUT2D eigenvalue weighted by atomic mass is 10.2. The lowest BCUT2D eigenvalue weighted by Gasteiger charge is -2.09. The Bertz CT molecular complexity index is 1370. The molecule has 0 aromatic carbocycles. The molecule has 4 aromatic heterocycles. The number of alkyl halides is 3. The molecule has 0 saturated carbocycles. The van der Waals surface area contributed by atoms with E-state index >= 15 is 0 Å². The fourth-order valence-corrected chi connectivity index (χ4v) is 3.89. The first-order valence-corrected chi connectivity index (χ1v) is 10.8. The number of aromatic nitrogens is 6. The second-order valence-corrected chi connectivity index (χ2v) is 8.13. The van der Waals surface area contributed by atoms with Crippen molar-refractivity contribution < 1.29 is 22.7 Å². The van der Waals surface area contributed by atoms with Gasteiger partial charge in [0.05, 0.1) is 41.3 Å². The first-order valence-electron chi connectivity index (χ1n) is 10.8. The van der Waals surface area contributed by atoms with Crippen molar-refractivity contribution in [1.82, 2.24) is 29.3 Å². The summed E-state index contributed by atoms with van der Waals surface area (Å²) in [5, 5.41) is 10.0. The highest BCUT2D eigenvalue weighted by Crippen LogP contribution is 2.28. The minimum atomic E-state index is -4.38. The SMILES string of the molecule is Cn1c(-c2ccnc(NCC(F)(F)F)n2)cc2cnc(NC(=O)c3cnn(C4CCOC4)c3)cc21. The molecule has 10 nitrogen and oxygen atoms in total. The third-order valence-electron chi connectivity index (χ3n) is 5.68. The molecular formula is C22H21F3N8O2. The van der Waals surface area contributed by atoms with Crippen LogP contribution in [0.3, 0.4) is 0 Å². The van der Waals surface area contributed by atoms with Crippen molar-refractivity contribution in [1.29, 1.82) is 0 Å². The van der Waals surface area contributed by atoms with Crippen LogP contribution in [-0.2, 0) is 11.8 Å². The average Bonchev–Trinajstić information content (AvgIpc) is 3.58. The standard InChI is InChI=1S/C22H21F3N8O2/c1-32-17-7-19(31-20(34)14-9-29-33(10-14)15-3-5-35-11-15)27-8-13(17)6-18(32)16-2-4-26-21(30-16)28-12-22(23,24)25/h2,4,6-10,15H,3,5,11-12H2,1H3,(H,26,28,30)(H,27,31,34). The van der Waals surface area contributed by atoms with Gasteiger partial charge in [0.2, 0.25) is 5.95 Å². The molecular weight excluding hydrogens is 465 g/mol. The number of halogens is 3. The number of carbonyl (C=O) groups excluding carboxylic acids is 1. The molecule has 1 amide bonds. The van der Waals surface area contributed by atoms with E-state index in [0.29, 0.717) is 36.0 Å². The molecule has 0 radical (unpaired) electrons. The highest BCUT2D eigenvalue weighted by atomic mass is 19.4. The number of nitrogens with one attached hydrogen (secondary N) is 2. The van der Waals surface area contributed by atoms with Crippen LogP contribution in [0.2, 0.25) is 0 Å². The van der Waals surface area contributed by atoms with Crippen molar-refractivity contribution in [2.75, 3.05) is 30.4 Å². The van der Waals surface area contributed by atoms with Crippen LogP contribution in [0.25, 0.3) is 22.3 Å². The normalized spacial score (nSPS) is 16.1. The van der Waals surface area contributed by atoms with Gasteiger partial charge in [0, 0.05) is 43.7 Å². The second-order valence-electron chi connectivity index (χ2n) is 8.13. The van der Waals surface area contributed by atoms with Gasteiger partial charge in [0.25, 0.3) is 5.91 Å². The number of nitrogens with zero attached hydrogens (tertiary/aromatic N) is 6. The number of amides is 1. The van der Waals surface area contributed by atoms with Crippen molar-refractivity contribution in [2.45, 2.75) is 18.6 Å².